The third kappa shape index (κ3) is 6.18. The van der Waals surface area contributed by atoms with Crippen LogP contribution in [0.25, 0.3) is 0 Å². The van der Waals surface area contributed by atoms with E-state index in [9.17, 15) is 13.2 Å². The molecule has 0 aliphatic rings. The first-order valence-corrected chi connectivity index (χ1v) is 8.01. The van der Waals surface area contributed by atoms with E-state index in [-0.39, 0.29) is 25.5 Å². The van der Waals surface area contributed by atoms with E-state index >= 15 is 0 Å². The van der Waals surface area contributed by atoms with Crippen molar-refractivity contribution in [3.63, 3.8) is 0 Å². The number of carbonyl (C=O) groups excluding carboxylic acids is 1. The summed E-state index contributed by atoms with van der Waals surface area (Å²) in [6.07, 6.45) is 3.13. The van der Waals surface area contributed by atoms with E-state index in [0.29, 0.717) is 18.8 Å². The van der Waals surface area contributed by atoms with Crippen molar-refractivity contribution in [2.45, 2.75) is 13.0 Å². The van der Waals surface area contributed by atoms with E-state index in [0.717, 1.165) is 10.6 Å². The van der Waals surface area contributed by atoms with Gasteiger partial charge in [-0.2, -0.15) is 4.31 Å². The van der Waals surface area contributed by atoms with Crippen LogP contribution in [0.15, 0.2) is 22.8 Å². The molecule has 0 radical (unpaired) electrons. The second-order valence-corrected chi connectivity index (χ2v) is 6.28. The number of amides is 1. The lowest BCUT2D eigenvalue weighted by Crippen LogP contribution is -2.40. The topological polar surface area (TPSA) is 88.8 Å². The molecule has 1 heterocycles. The number of hydrogen-bond acceptors (Lipinski definition) is 5. The Morgan fingerprint density at radius 2 is 2.25 bits per heavy atom. The van der Waals surface area contributed by atoms with Crippen LogP contribution >= 0.6 is 0 Å². The third-order valence-electron chi connectivity index (χ3n) is 2.58. The Hall–Kier alpha value is -1.38. The lowest BCUT2D eigenvalue weighted by Gasteiger charge is -2.19. The maximum absolute atomic E-state index is 11.7. The molecular formula is C12H20N2O5S. The summed E-state index contributed by atoms with van der Waals surface area (Å²) < 4.78 is 34.2. The van der Waals surface area contributed by atoms with E-state index in [4.69, 9.17) is 9.15 Å². The number of ether oxygens (including phenoxy) is 1. The predicted octanol–water partition coefficient (Wildman–Crippen LogP) is 0.194. The molecular weight excluding hydrogens is 284 g/mol. The summed E-state index contributed by atoms with van der Waals surface area (Å²) in [7, 11) is -1.88. The summed E-state index contributed by atoms with van der Waals surface area (Å²) in [6, 6.07) is 3.45. The highest BCUT2D eigenvalue weighted by Crippen LogP contribution is 2.01. The Morgan fingerprint density at radius 1 is 1.50 bits per heavy atom. The maximum atomic E-state index is 11.7. The smallest absolute Gasteiger partial charge is 0.235 e. The van der Waals surface area contributed by atoms with Crippen molar-refractivity contribution in [1.29, 1.82) is 0 Å². The molecule has 0 aromatic carbocycles. The van der Waals surface area contributed by atoms with Crippen molar-refractivity contribution in [3.8, 4) is 0 Å². The van der Waals surface area contributed by atoms with Crippen LogP contribution in [0.3, 0.4) is 0 Å². The molecule has 0 fully saturated rings. The minimum absolute atomic E-state index is 0.205. The van der Waals surface area contributed by atoms with Crippen molar-refractivity contribution >= 4 is 15.9 Å². The fourth-order valence-electron chi connectivity index (χ4n) is 1.56. The number of nitrogens with zero attached hydrogens (tertiary/aromatic N) is 1. The molecule has 0 saturated heterocycles. The number of sulfonamides is 1. The molecule has 0 aliphatic carbocycles. The van der Waals surface area contributed by atoms with Gasteiger partial charge in [0.1, 0.15) is 5.76 Å². The lowest BCUT2D eigenvalue weighted by molar-refractivity contribution is -0.121. The SMILES string of the molecule is COCCCN(CC(=O)NCc1ccco1)S(C)(=O)=O. The normalized spacial score (nSPS) is 11.8. The van der Waals surface area contributed by atoms with Gasteiger partial charge in [-0.05, 0) is 18.6 Å². The molecule has 1 aromatic rings. The van der Waals surface area contributed by atoms with Crippen molar-refractivity contribution in [3.05, 3.63) is 24.2 Å². The van der Waals surface area contributed by atoms with Gasteiger partial charge in [0.2, 0.25) is 15.9 Å². The summed E-state index contributed by atoms with van der Waals surface area (Å²) in [6.45, 7) is 0.728. The molecule has 0 bridgehead atoms. The minimum atomic E-state index is -3.42. The van der Waals surface area contributed by atoms with Crippen LogP contribution < -0.4 is 5.32 Å². The maximum Gasteiger partial charge on any atom is 0.235 e. The van der Waals surface area contributed by atoms with Gasteiger partial charge in [-0.25, -0.2) is 8.42 Å². The minimum Gasteiger partial charge on any atom is -0.467 e. The molecule has 0 atom stereocenters. The molecule has 1 rings (SSSR count). The predicted molar refractivity (Wildman–Crippen MR) is 73.5 cm³/mol. The van der Waals surface area contributed by atoms with Crippen molar-refractivity contribution in [2.75, 3.05) is 33.1 Å². The molecule has 0 aliphatic heterocycles. The second kappa shape index (κ2) is 8.03. The summed E-state index contributed by atoms with van der Waals surface area (Å²) in [4.78, 5) is 11.7. The zero-order valence-electron chi connectivity index (χ0n) is 11.7. The van der Waals surface area contributed by atoms with Crippen molar-refractivity contribution < 1.29 is 22.4 Å². The van der Waals surface area contributed by atoms with E-state index < -0.39 is 10.0 Å². The van der Waals surface area contributed by atoms with Crippen LogP contribution in [0.4, 0.5) is 0 Å². The van der Waals surface area contributed by atoms with Crippen LogP contribution in [0, 0.1) is 0 Å². The molecule has 0 spiro atoms. The van der Waals surface area contributed by atoms with Gasteiger partial charge in [0.05, 0.1) is 25.6 Å². The summed E-state index contributed by atoms with van der Waals surface area (Å²) in [5.41, 5.74) is 0. The molecule has 20 heavy (non-hydrogen) atoms. The number of nitrogens with one attached hydrogen (secondary N) is 1. The van der Waals surface area contributed by atoms with Gasteiger partial charge in [0, 0.05) is 20.3 Å². The average Bonchev–Trinajstić information content (AvgIpc) is 2.87. The summed E-state index contributed by atoms with van der Waals surface area (Å²) in [5.74, 6) is 0.243. The van der Waals surface area contributed by atoms with Gasteiger partial charge in [-0.1, -0.05) is 0 Å². The number of rotatable bonds is 9. The van der Waals surface area contributed by atoms with Crippen LogP contribution in [0.5, 0.6) is 0 Å². The molecule has 114 valence electrons. The molecule has 0 saturated carbocycles. The molecule has 1 aromatic heterocycles. The number of carbonyl (C=O) groups is 1. The van der Waals surface area contributed by atoms with Crippen molar-refractivity contribution in [1.82, 2.24) is 9.62 Å². The van der Waals surface area contributed by atoms with Gasteiger partial charge in [0.15, 0.2) is 0 Å². The molecule has 1 N–H and O–H groups in total. The van der Waals surface area contributed by atoms with Crippen LogP contribution in [0.2, 0.25) is 0 Å². The van der Waals surface area contributed by atoms with Gasteiger partial charge in [-0.3, -0.25) is 4.79 Å². The molecule has 0 unspecified atom stereocenters. The Kier molecular flexibility index (Phi) is 6.69. The summed E-state index contributed by atoms with van der Waals surface area (Å²) >= 11 is 0. The highest BCUT2D eigenvalue weighted by Gasteiger charge is 2.19. The Balaban J connectivity index is 2.45. The molecule has 7 nitrogen and oxygen atoms in total. The number of furan rings is 1. The Labute approximate surface area is 118 Å². The molecule has 1 amide bonds. The van der Waals surface area contributed by atoms with Gasteiger partial charge >= 0.3 is 0 Å². The average molecular weight is 304 g/mol. The van der Waals surface area contributed by atoms with Crippen LogP contribution in [-0.4, -0.2) is 51.7 Å². The van der Waals surface area contributed by atoms with E-state index in [2.05, 4.69) is 5.32 Å². The van der Waals surface area contributed by atoms with Crippen molar-refractivity contribution in [2.24, 2.45) is 0 Å². The fourth-order valence-corrected chi connectivity index (χ4v) is 2.37. The summed E-state index contributed by atoms with van der Waals surface area (Å²) in [5, 5.41) is 2.61. The quantitative estimate of drug-likeness (QED) is 0.658. The first kappa shape index (κ1) is 16.7. The lowest BCUT2D eigenvalue weighted by atomic mass is 10.4. The molecule has 8 heteroatoms. The van der Waals surface area contributed by atoms with Crippen LogP contribution in [0.1, 0.15) is 12.2 Å². The zero-order valence-corrected chi connectivity index (χ0v) is 12.5. The number of hydrogen-bond donors (Lipinski definition) is 1. The first-order chi connectivity index (χ1) is 9.43. The van der Waals surface area contributed by atoms with E-state index in [1.807, 2.05) is 0 Å². The first-order valence-electron chi connectivity index (χ1n) is 6.16. The van der Waals surface area contributed by atoms with Gasteiger partial charge in [0.25, 0.3) is 0 Å². The largest absolute Gasteiger partial charge is 0.467 e. The second-order valence-electron chi connectivity index (χ2n) is 4.30. The standard InChI is InChI=1S/C12H20N2O5S/c1-18-7-4-6-14(20(2,16)17)10-12(15)13-9-11-5-3-8-19-11/h3,5,8H,4,6-7,9-10H2,1-2H3,(H,13,15). The monoisotopic (exact) mass is 304 g/mol. The number of methoxy groups -OCH3 is 1. The van der Waals surface area contributed by atoms with E-state index in [1.54, 1.807) is 19.2 Å². The fraction of sp³-hybridized carbons (Fsp3) is 0.583. The third-order valence-corrected chi connectivity index (χ3v) is 3.83. The van der Waals surface area contributed by atoms with Gasteiger partial charge < -0.3 is 14.5 Å². The highest BCUT2D eigenvalue weighted by molar-refractivity contribution is 7.88. The van der Waals surface area contributed by atoms with Gasteiger partial charge in [-0.15, -0.1) is 0 Å². The Bertz CT molecular complexity index is 498. The van der Waals surface area contributed by atoms with E-state index in [1.165, 1.54) is 6.26 Å². The zero-order chi connectivity index (χ0) is 15.0. The Morgan fingerprint density at radius 3 is 2.80 bits per heavy atom. The highest BCUT2D eigenvalue weighted by atomic mass is 32.2. The van der Waals surface area contributed by atoms with Crippen LogP contribution in [-0.2, 0) is 26.1 Å².